The number of aromatic nitrogens is 4. The van der Waals surface area contributed by atoms with Gasteiger partial charge in [-0.05, 0) is 36.4 Å². The number of hydrogen-bond donors (Lipinski definition) is 2. The Morgan fingerprint density at radius 2 is 1.94 bits per heavy atom. The number of thioether (sulfide) groups is 1. The number of carbonyl (C=O) groups is 1. The molecule has 0 spiro atoms. The summed E-state index contributed by atoms with van der Waals surface area (Å²) in [7, 11) is 0. The molecule has 4 rings (SSSR count). The molecule has 0 saturated heterocycles. The quantitative estimate of drug-likeness (QED) is 0.266. The zero-order valence-electron chi connectivity index (χ0n) is 19.1. The molecule has 0 unspecified atom stereocenters. The number of nitrogens with one attached hydrogen (secondary N) is 2. The predicted molar refractivity (Wildman–Crippen MR) is 133 cm³/mol. The summed E-state index contributed by atoms with van der Waals surface area (Å²) in [5.74, 6) is 1.21. The molecule has 4 aromatic rings. The van der Waals surface area contributed by atoms with Gasteiger partial charge >= 0.3 is 0 Å². The van der Waals surface area contributed by atoms with Crippen LogP contribution in [0.2, 0.25) is 0 Å². The molecular formula is C24H28N6O2S. The summed E-state index contributed by atoms with van der Waals surface area (Å²) < 4.78 is 7.55. The lowest BCUT2D eigenvalue weighted by molar-refractivity contribution is 0.0950. The number of carbonyl (C=O) groups excluding carboxylic acids is 1. The average molecular weight is 465 g/mol. The van der Waals surface area contributed by atoms with Crippen LogP contribution in [0, 0.1) is 0 Å². The van der Waals surface area contributed by atoms with Crippen LogP contribution in [0.3, 0.4) is 0 Å². The van der Waals surface area contributed by atoms with E-state index in [2.05, 4.69) is 32.6 Å². The normalized spacial score (nSPS) is 11.1. The summed E-state index contributed by atoms with van der Waals surface area (Å²) in [4.78, 5) is 22.4. The lowest BCUT2D eigenvalue weighted by atomic mass is 10.0. The van der Waals surface area contributed by atoms with Crippen LogP contribution in [0.15, 0.2) is 47.8 Å². The van der Waals surface area contributed by atoms with Crippen LogP contribution in [0.25, 0.3) is 21.8 Å². The van der Waals surface area contributed by atoms with E-state index in [1.807, 2.05) is 49.6 Å². The number of benzene rings is 2. The number of nitrogens with zero attached hydrogens (tertiary/aromatic N) is 4. The van der Waals surface area contributed by atoms with Crippen molar-refractivity contribution in [1.29, 1.82) is 0 Å². The minimum Gasteiger partial charge on any atom is -0.493 e. The van der Waals surface area contributed by atoms with Crippen LogP contribution in [-0.4, -0.2) is 51.6 Å². The Morgan fingerprint density at radius 3 is 2.73 bits per heavy atom. The van der Waals surface area contributed by atoms with Crippen LogP contribution < -0.4 is 15.4 Å². The number of rotatable bonds is 10. The average Bonchev–Trinajstić information content (AvgIpc) is 3.25. The third-order valence-corrected chi connectivity index (χ3v) is 5.78. The molecule has 0 fully saturated rings. The molecule has 0 atom stereocenters. The van der Waals surface area contributed by atoms with Crippen molar-refractivity contribution >= 4 is 45.3 Å². The summed E-state index contributed by atoms with van der Waals surface area (Å²) in [6.07, 6.45) is 4.72. The zero-order valence-corrected chi connectivity index (χ0v) is 19.9. The van der Waals surface area contributed by atoms with E-state index in [1.165, 1.54) is 11.8 Å². The van der Waals surface area contributed by atoms with Crippen molar-refractivity contribution in [2.75, 3.05) is 31.3 Å². The van der Waals surface area contributed by atoms with E-state index in [0.717, 1.165) is 40.6 Å². The maximum atomic E-state index is 13.2. The highest BCUT2D eigenvalue weighted by Crippen LogP contribution is 2.28. The molecule has 33 heavy (non-hydrogen) atoms. The van der Waals surface area contributed by atoms with Gasteiger partial charge in [0, 0.05) is 13.1 Å². The zero-order chi connectivity index (χ0) is 23.2. The standard InChI is InChI=1S/C24H28N6O2S/c1-4-12-25-21-18-15-27-30(22(18)29-24(28-21)33-3)14-13-26-23(31)20-17-9-7-6-8-16(17)10-11-19(20)32-5-2/h6-11,15H,4-5,12-14H2,1-3H3,(H,26,31)(H,25,28,29). The molecule has 0 aliphatic carbocycles. The van der Waals surface area contributed by atoms with Crippen molar-refractivity contribution in [2.24, 2.45) is 0 Å². The van der Waals surface area contributed by atoms with E-state index in [0.29, 0.717) is 36.2 Å². The Labute approximate surface area is 197 Å². The molecule has 8 nitrogen and oxygen atoms in total. The second-order valence-corrected chi connectivity index (χ2v) is 8.21. The van der Waals surface area contributed by atoms with E-state index < -0.39 is 0 Å². The van der Waals surface area contributed by atoms with Crippen LogP contribution >= 0.6 is 11.8 Å². The number of amides is 1. The maximum Gasteiger partial charge on any atom is 0.255 e. The van der Waals surface area contributed by atoms with Crippen LogP contribution in [0.1, 0.15) is 30.6 Å². The first-order chi connectivity index (χ1) is 16.2. The molecule has 2 aromatic heterocycles. The van der Waals surface area contributed by atoms with E-state index in [1.54, 1.807) is 10.9 Å². The van der Waals surface area contributed by atoms with Gasteiger partial charge in [-0.15, -0.1) is 0 Å². The summed E-state index contributed by atoms with van der Waals surface area (Å²) in [6, 6.07) is 11.7. The smallest absolute Gasteiger partial charge is 0.255 e. The molecule has 2 aromatic carbocycles. The first-order valence-corrected chi connectivity index (χ1v) is 12.3. The van der Waals surface area contributed by atoms with Gasteiger partial charge in [-0.2, -0.15) is 5.10 Å². The highest BCUT2D eigenvalue weighted by Gasteiger charge is 2.17. The summed E-state index contributed by atoms with van der Waals surface area (Å²) in [6.45, 7) is 6.23. The van der Waals surface area contributed by atoms with Crippen molar-refractivity contribution in [3.05, 3.63) is 48.2 Å². The molecule has 172 valence electrons. The molecule has 0 bridgehead atoms. The van der Waals surface area contributed by atoms with Gasteiger partial charge in [0.15, 0.2) is 10.8 Å². The van der Waals surface area contributed by atoms with Crippen molar-refractivity contribution in [1.82, 2.24) is 25.1 Å². The van der Waals surface area contributed by atoms with Gasteiger partial charge in [0.2, 0.25) is 0 Å². The molecule has 9 heteroatoms. The monoisotopic (exact) mass is 464 g/mol. The molecule has 0 aliphatic rings. The van der Waals surface area contributed by atoms with Crippen LogP contribution in [0.5, 0.6) is 5.75 Å². The summed E-state index contributed by atoms with van der Waals surface area (Å²) in [5.41, 5.74) is 1.31. The Bertz CT molecular complexity index is 1270. The van der Waals surface area contributed by atoms with Gasteiger partial charge in [0.05, 0.1) is 30.3 Å². The SMILES string of the molecule is CCCNc1nc(SC)nc2c1cnn2CCNC(=O)c1c(OCC)ccc2ccccc12. The Balaban J connectivity index is 1.54. The lowest BCUT2D eigenvalue weighted by Crippen LogP contribution is -2.28. The highest BCUT2D eigenvalue weighted by atomic mass is 32.2. The second-order valence-electron chi connectivity index (χ2n) is 7.44. The van der Waals surface area contributed by atoms with Gasteiger partial charge in [-0.25, -0.2) is 14.6 Å². The number of ether oxygens (including phenoxy) is 1. The Morgan fingerprint density at radius 1 is 1.09 bits per heavy atom. The molecule has 0 saturated carbocycles. The first-order valence-electron chi connectivity index (χ1n) is 11.1. The van der Waals surface area contributed by atoms with Crippen molar-refractivity contribution in [3.63, 3.8) is 0 Å². The minimum absolute atomic E-state index is 0.170. The van der Waals surface area contributed by atoms with E-state index in [4.69, 9.17) is 4.74 Å². The topological polar surface area (TPSA) is 94.0 Å². The third-order valence-electron chi connectivity index (χ3n) is 5.23. The Hall–Kier alpha value is -3.33. The maximum absolute atomic E-state index is 13.2. The Kier molecular flexibility index (Phi) is 7.29. The molecular weight excluding hydrogens is 436 g/mol. The van der Waals surface area contributed by atoms with E-state index in [-0.39, 0.29) is 5.91 Å². The fourth-order valence-electron chi connectivity index (χ4n) is 3.69. The van der Waals surface area contributed by atoms with Crippen molar-refractivity contribution in [3.8, 4) is 5.75 Å². The molecule has 1 amide bonds. The number of hydrogen-bond acceptors (Lipinski definition) is 7. The summed E-state index contributed by atoms with van der Waals surface area (Å²) in [5, 5.41) is 14.3. The molecule has 2 N–H and O–H groups in total. The number of fused-ring (bicyclic) bond motifs is 2. The fourth-order valence-corrected chi connectivity index (χ4v) is 4.05. The molecule has 2 heterocycles. The minimum atomic E-state index is -0.170. The van der Waals surface area contributed by atoms with Gasteiger partial charge in [-0.3, -0.25) is 4.79 Å². The van der Waals surface area contributed by atoms with Crippen molar-refractivity contribution in [2.45, 2.75) is 32.0 Å². The molecule has 0 radical (unpaired) electrons. The van der Waals surface area contributed by atoms with Gasteiger partial charge < -0.3 is 15.4 Å². The highest BCUT2D eigenvalue weighted by molar-refractivity contribution is 7.98. The van der Waals surface area contributed by atoms with E-state index in [9.17, 15) is 4.79 Å². The van der Waals surface area contributed by atoms with Gasteiger partial charge in [-0.1, -0.05) is 49.0 Å². The number of anilines is 1. The van der Waals surface area contributed by atoms with Gasteiger partial charge in [0.25, 0.3) is 5.91 Å². The largest absolute Gasteiger partial charge is 0.493 e. The fraction of sp³-hybridized carbons (Fsp3) is 0.333. The lowest BCUT2D eigenvalue weighted by Gasteiger charge is -2.14. The van der Waals surface area contributed by atoms with E-state index >= 15 is 0 Å². The molecule has 0 aliphatic heterocycles. The van der Waals surface area contributed by atoms with Crippen LogP contribution in [-0.2, 0) is 6.54 Å². The third kappa shape index (κ3) is 4.88. The summed E-state index contributed by atoms with van der Waals surface area (Å²) >= 11 is 1.49. The van der Waals surface area contributed by atoms with Crippen LogP contribution in [0.4, 0.5) is 5.82 Å². The second kappa shape index (κ2) is 10.5. The predicted octanol–water partition coefficient (Wildman–Crippen LogP) is 4.35. The van der Waals surface area contributed by atoms with Gasteiger partial charge in [0.1, 0.15) is 11.6 Å². The first kappa shape index (κ1) is 22.8. The van der Waals surface area contributed by atoms with Crippen molar-refractivity contribution < 1.29 is 9.53 Å².